The van der Waals surface area contributed by atoms with Crippen LogP contribution in [0.25, 0.3) is 20.2 Å². The Hall–Kier alpha value is -2.46. The average molecular weight is 307 g/mol. The lowest BCUT2D eigenvalue weighted by molar-refractivity contribution is -0.430. The van der Waals surface area contributed by atoms with Crippen LogP contribution in [0.4, 0.5) is 0 Å². The number of allylic oxidation sites excluding steroid dienone is 4. The van der Waals surface area contributed by atoms with Crippen LogP contribution >= 0.6 is 11.3 Å². The second-order valence-electron chi connectivity index (χ2n) is 5.39. The third-order valence-electron chi connectivity index (χ3n) is 4.15. The minimum atomic E-state index is -0.250. The summed E-state index contributed by atoms with van der Waals surface area (Å²) in [4.78, 5) is 11.1. The molecule has 0 spiro atoms. The molecular formula is C18H13NO2S. The second kappa shape index (κ2) is 5.07. The minimum absolute atomic E-state index is 0.170. The molecule has 0 radical (unpaired) electrons. The Labute approximate surface area is 131 Å². The molecule has 0 saturated carbocycles. The molecule has 1 aromatic heterocycles. The molecule has 0 amide bonds. The summed E-state index contributed by atoms with van der Waals surface area (Å²) >= 11 is 1.72. The maximum atomic E-state index is 11.4. The maximum Gasteiger partial charge on any atom is 0.253 e. The van der Waals surface area contributed by atoms with Crippen molar-refractivity contribution in [1.82, 2.24) is 0 Å². The number of nitro groups is 1. The summed E-state index contributed by atoms with van der Waals surface area (Å²) in [6.45, 7) is 0. The Bertz CT molecular complexity index is 952. The Morgan fingerprint density at radius 2 is 1.91 bits per heavy atom. The third-order valence-corrected chi connectivity index (χ3v) is 5.39. The summed E-state index contributed by atoms with van der Waals surface area (Å²) in [5, 5.41) is 13.8. The quantitative estimate of drug-likeness (QED) is 0.479. The predicted molar refractivity (Wildman–Crippen MR) is 90.9 cm³/mol. The second-order valence-corrected chi connectivity index (χ2v) is 6.44. The molecule has 1 unspecified atom stereocenters. The number of hydrogen-bond acceptors (Lipinski definition) is 3. The van der Waals surface area contributed by atoms with Crippen molar-refractivity contribution in [2.75, 3.05) is 0 Å². The first kappa shape index (κ1) is 13.2. The van der Waals surface area contributed by atoms with E-state index in [0.29, 0.717) is 6.42 Å². The van der Waals surface area contributed by atoms with E-state index >= 15 is 0 Å². The van der Waals surface area contributed by atoms with Gasteiger partial charge in [0.1, 0.15) is 0 Å². The van der Waals surface area contributed by atoms with Crippen LogP contribution in [0, 0.1) is 10.1 Å². The molecule has 108 valence electrons. The molecule has 0 aliphatic heterocycles. The van der Waals surface area contributed by atoms with Crippen molar-refractivity contribution in [3.05, 3.63) is 82.1 Å². The molecule has 4 rings (SSSR count). The van der Waals surface area contributed by atoms with Crippen molar-refractivity contribution >= 4 is 31.5 Å². The molecule has 1 aliphatic carbocycles. The SMILES string of the molecule is O=[N+]([O-])C1=CC=CCC1c1cccc2c1sc1ccccc12. The molecule has 0 saturated heterocycles. The molecule has 0 bridgehead atoms. The zero-order valence-corrected chi connectivity index (χ0v) is 12.5. The zero-order chi connectivity index (χ0) is 15.1. The molecule has 0 N–H and O–H groups in total. The van der Waals surface area contributed by atoms with E-state index in [9.17, 15) is 10.1 Å². The zero-order valence-electron chi connectivity index (χ0n) is 11.7. The van der Waals surface area contributed by atoms with Gasteiger partial charge in [0.2, 0.25) is 0 Å². The Kier molecular flexibility index (Phi) is 3.05. The number of benzene rings is 2. The summed E-state index contributed by atoms with van der Waals surface area (Å²) in [7, 11) is 0. The van der Waals surface area contributed by atoms with Crippen molar-refractivity contribution in [2.45, 2.75) is 12.3 Å². The molecule has 1 atom stereocenters. The Morgan fingerprint density at radius 1 is 1.09 bits per heavy atom. The van der Waals surface area contributed by atoms with Gasteiger partial charge in [0.25, 0.3) is 5.70 Å². The molecular weight excluding hydrogens is 294 g/mol. The van der Waals surface area contributed by atoms with Gasteiger partial charge in [-0.25, -0.2) is 0 Å². The van der Waals surface area contributed by atoms with Crippen LogP contribution in [0.3, 0.4) is 0 Å². The smallest absolute Gasteiger partial charge is 0.253 e. The molecule has 22 heavy (non-hydrogen) atoms. The highest BCUT2D eigenvalue weighted by atomic mass is 32.1. The first-order valence-electron chi connectivity index (χ1n) is 7.17. The minimum Gasteiger partial charge on any atom is -0.259 e. The van der Waals surface area contributed by atoms with Gasteiger partial charge in [-0.2, -0.15) is 0 Å². The van der Waals surface area contributed by atoms with Crippen molar-refractivity contribution in [1.29, 1.82) is 0 Å². The summed E-state index contributed by atoms with van der Waals surface area (Å²) < 4.78 is 2.39. The average Bonchev–Trinajstić information content (AvgIpc) is 2.93. The lowest BCUT2D eigenvalue weighted by atomic mass is 9.89. The van der Waals surface area contributed by atoms with E-state index in [0.717, 1.165) is 10.3 Å². The van der Waals surface area contributed by atoms with Crippen LogP contribution in [0.1, 0.15) is 17.9 Å². The summed E-state index contributed by atoms with van der Waals surface area (Å²) in [6.07, 6.45) is 6.09. The topological polar surface area (TPSA) is 43.1 Å². The van der Waals surface area contributed by atoms with Crippen LogP contribution in [-0.4, -0.2) is 4.92 Å². The largest absolute Gasteiger partial charge is 0.259 e. The number of hydrogen-bond donors (Lipinski definition) is 0. The molecule has 3 aromatic rings. The predicted octanol–water partition coefficient (Wildman–Crippen LogP) is 5.26. The van der Waals surface area contributed by atoms with E-state index in [4.69, 9.17) is 0 Å². The fourth-order valence-electron chi connectivity index (χ4n) is 3.14. The molecule has 0 fully saturated rings. The van der Waals surface area contributed by atoms with Crippen LogP contribution in [0.2, 0.25) is 0 Å². The van der Waals surface area contributed by atoms with Gasteiger partial charge in [-0.1, -0.05) is 48.6 Å². The van der Waals surface area contributed by atoms with Gasteiger partial charge in [-0.05, 0) is 18.1 Å². The van der Waals surface area contributed by atoms with Gasteiger partial charge in [0, 0.05) is 26.2 Å². The summed E-state index contributed by atoms with van der Waals surface area (Å²) in [6, 6.07) is 14.4. The first-order chi connectivity index (χ1) is 10.8. The molecule has 1 heterocycles. The van der Waals surface area contributed by atoms with Crippen molar-refractivity contribution in [2.24, 2.45) is 0 Å². The van der Waals surface area contributed by atoms with Gasteiger partial charge in [-0.15, -0.1) is 11.3 Å². The van der Waals surface area contributed by atoms with E-state index < -0.39 is 0 Å². The fraction of sp³-hybridized carbons (Fsp3) is 0.111. The standard InChI is InChI=1S/C18H13NO2S/c20-19(21)16-10-3-1-6-12(16)14-8-5-9-15-13-7-2-4-11-17(13)22-18(14)15/h1-5,7-12H,6H2. The van der Waals surface area contributed by atoms with Crippen LogP contribution in [0.5, 0.6) is 0 Å². The number of nitrogens with zero attached hydrogens (tertiary/aromatic N) is 1. The van der Waals surface area contributed by atoms with Gasteiger partial charge >= 0.3 is 0 Å². The lowest BCUT2D eigenvalue weighted by Gasteiger charge is -2.16. The highest BCUT2D eigenvalue weighted by Gasteiger charge is 2.28. The van der Waals surface area contributed by atoms with E-state index in [2.05, 4.69) is 18.2 Å². The van der Waals surface area contributed by atoms with Crippen LogP contribution < -0.4 is 0 Å². The highest BCUT2D eigenvalue weighted by molar-refractivity contribution is 7.26. The lowest BCUT2D eigenvalue weighted by Crippen LogP contribution is -2.12. The Balaban J connectivity index is 1.97. The van der Waals surface area contributed by atoms with Gasteiger partial charge in [0.05, 0.1) is 10.8 Å². The van der Waals surface area contributed by atoms with E-state index in [1.54, 1.807) is 23.5 Å². The Morgan fingerprint density at radius 3 is 2.77 bits per heavy atom. The highest BCUT2D eigenvalue weighted by Crippen LogP contribution is 2.41. The molecule has 1 aliphatic rings. The van der Waals surface area contributed by atoms with E-state index in [1.807, 2.05) is 30.3 Å². The van der Waals surface area contributed by atoms with Crippen molar-refractivity contribution in [3.8, 4) is 0 Å². The van der Waals surface area contributed by atoms with Crippen molar-refractivity contribution < 1.29 is 4.92 Å². The third kappa shape index (κ3) is 1.96. The van der Waals surface area contributed by atoms with Crippen molar-refractivity contribution in [3.63, 3.8) is 0 Å². The number of thiophene rings is 1. The van der Waals surface area contributed by atoms with E-state index in [1.165, 1.54) is 15.5 Å². The maximum absolute atomic E-state index is 11.4. The first-order valence-corrected chi connectivity index (χ1v) is 7.98. The van der Waals surface area contributed by atoms with Gasteiger partial charge in [-0.3, -0.25) is 10.1 Å². The summed E-state index contributed by atoms with van der Waals surface area (Å²) in [5.74, 6) is -0.170. The van der Waals surface area contributed by atoms with Crippen LogP contribution in [-0.2, 0) is 0 Å². The van der Waals surface area contributed by atoms with Gasteiger partial charge < -0.3 is 0 Å². The van der Waals surface area contributed by atoms with E-state index in [-0.39, 0.29) is 16.5 Å². The summed E-state index contributed by atoms with van der Waals surface area (Å²) in [5.41, 5.74) is 1.35. The monoisotopic (exact) mass is 307 g/mol. The normalized spacial score (nSPS) is 17.8. The number of fused-ring (bicyclic) bond motifs is 3. The fourth-order valence-corrected chi connectivity index (χ4v) is 4.41. The molecule has 2 aromatic carbocycles. The van der Waals surface area contributed by atoms with Gasteiger partial charge in [0.15, 0.2) is 0 Å². The number of rotatable bonds is 2. The molecule has 3 nitrogen and oxygen atoms in total. The molecule has 4 heteroatoms. The van der Waals surface area contributed by atoms with Crippen LogP contribution in [0.15, 0.2) is 66.4 Å².